The summed E-state index contributed by atoms with van der Waals surface area (Å²) < 4.78 is 40.3. The van der Waals surface area contributed by atoms with Gasteiger partial charge in [-0.3, -0.25) is 9.78 Å². The highest BCUT2D eigenvalue weighted by Gasteiger charge is 2.46. The number of aromatic hydroxyl groups is 1. The lowest BCUT2D eigenvalue weighted by Crippen LogP contribution is -2.42. The number of phenols is 1. The summed E-state index contributed by atoms with van der Waals surface area (Å²) in [5.74, 6) is -0.491. The molecule has 0 bridgehead atoms. The van der Waals surface area contributed by atoms with E-state index in [9.17, 15) is 23.1 Å². The van der Waals surface area contributed by atoms with E-state index in [4.69, 9.17) is 0 Å². The van der Waals surface area contributed by atoms with Crippen LogP contribution < -0.4 is 5.32 Å². The van der Waals surface area contributed by atoms with Crippen LogP contribution in [0.1, 0.15) is 48.8 Å². The van der Waals surface area contributed by atoms with Crippen molar-refractivity contribution in [2.24, 2.45) is 5.41 Å². The van der Waals surface area contributed by atoms with E-state index in [-0.39, 0.29) is 41.8 Å². The van der Waals surface area contributed by atoms with Crippen molar-refractivity contribution in [2.45, 2.75) is 50.7 Å². The van der Waals surface area contributed by atoms with E-state index < -0.39 is 17.5 Å². The Balaban J connectivity index is 1.67. The zero-order valence-electron chi connectivity index (χ0n) is 18.6. The molecule has 8 heteroatoms. The molecule has 1 aromatic heterocycles. The Kier molecular flexibility index (Phi) is 7.12. The predicted molar refractivity (Wildman–Crippen MR) is 116 cm³/mol. The summed E-state index contributed by atoms with van der Waals surface area (Å²) in [6.45, 7) is 2.39. The number of rotatable bonds is 9. The fraction of sp³-hybridized carbons (Fsp3) is 0.500. The van der Waals surface area contributed by atoms with E-state index >= 15 is 0 Å². The van der Waals surface area contributed by atoms with Crippen LogP contribution in [0, 0.1) is 5.41 Å². The number of carbonyl (C=O) groups is 1. The summed E-state index contributed by atoms with van der Waals surface area (Å²) in [6.07, 6.45) is 1.46. The molecule has 0 saturated heterocycles. The molecule has 174 valence electrons. The minimum Gasteiger partial charge on any atom is -0.508 e. The highest BCUT2D eigenvalue weighted by Crippen LogP contribution is 2.56. The molecule has 1 aromatic carbocycles. The fourth-order valence-corrected chi connectivity index (χ4v) is 4.08. The maximum atomic E-state index is 13.4. The second-order valence-corrected chi connectivity index (χ2v) is 9.16. The van der Waals surface area contributed by atoms with Gasteiger partial charge in [0.2, 0.25) is 5.91 Å². The number of nitrogens with zero attached hydrogens (tertiary/aromatic N) is 2. The summed E-state index contributed by atoms with van der Waals surface area (Å²) in [5.41, 5.74) is 0.344. The second kappa shape index (κ2) is 9.48. The number of likely N-dealkylation sites (N-methyl/N-ethyl adjacent to an activating group) is 1. The molecule has 2 N–H and O–H groups in total. The predicted octanol–water partition coefficient (Wildman–Crippen LogP) is 4.37. The number of phenolic OH excluding ortho intramolecular Hbond substituents is 1. The zero-order chi connectivity index (χ0) is 23.5. The zero-order valence-corrected chi connectivity index (χ0v) is 18.6. The van der Waals surface area contributed by atoms with Crippen LogP contribution in [-0.2, 0) is 17.4 Å². The number of hydrogen-bond donors (Lipinski definition) is 2. The van der Waals surface area contributed by atoms with Crippen LogP contribution in [0.3, 0.4) is 0 Å². The highest BCUT2D eigenvalue weighted by atomic mass is 19.4. The molecule has 32 heavy (non-hydrogen) atoms. The maximum absolute atomic E-state index is 13.4. The Labute approximate surface area is 186 Å². The molecule has 1 aliphatic rings. The number of alkyl halides is 3. The molecule has 1 heterocycles. The molecule has 3 rings (SSSR count). The van der Waals surface area contributed by atoms with Crippen LogP contribution in [0.4, 0.5) is 13.2 Å². The van der Waals surface area contributed by atoms with Crippen molar-refractivity contribution < 1.29 is 23.1 Å². The molecule has 2 unspecified atom stereocenters. The number of carbonyl (C=O) groups excluding carboxylic acids is 1. The van der Waals surface area contributed by atoms with E-state index in [2.05, 4.69) is 17.2 Å². The van der Waals surface area contributed by atoms with E-state index in [1.165, 1.54) is 12.1 Å². The third-order valence-corrected chi connectivity index (χ3v) is 6.48. The lowest BCUT2D eigenvalue weighted by Gasteiger charge is -2.27. The normalized spacial score (nSPS) is 17.1. The number of benzene rings is 1. The Hall–Kier alpha value is -2.61. The minimum atomic E-state index is -4.56. The molecule has 2 atom stereocenters. The van der Waals surface area contributed by atoms with Gasteiger partial charge in [-0.25, -0.2) is 0 Å². The molecule has 0 aliphatic heterocycles. The molecular weight excluding hydrogens is 419 g/mol. The van der Waals surface area contributed by atoms with Crippen molar-refractivity contribution in [3.63, 3.8) is 0 Å². The lowest BCUT2D eigenvalue weighted by molar-refractivity contribution is -0.138. The quantitative estimate of drug-likeness (QED) is 0.597. The first-order valence-corrected chi connectivity index (χ1v) is 10.7. The van der Waals surface area contributed by atoms with Gasteiger partial charge in [0, 0.05) is 31.4 Å². The van der Waals surface area contributed by atoms with Crippen LogP contribution in [0.15, 0.2) is 42.7 Å². The SMILES string of the molecule is CN(C)C(CNC(=O)CC(c1cccnc1)C1(C)CC1)Cc1ccc(O)cc1C(F)(F)F. The Morgan fingerprint density at radius 3 is 2.56 bits per heavy atom. The van der Waals surface area contributed by atoms with Gasteiger partial charge in [0.05, 0.1) is 5.56 Å². The summed E-state index contributed by atoms with van der Waals surface area (Å²) >= 11 is 0. The van der Waals surface area contributed by atoms with Crippen molar-refractivity contribution in [3.8, 4) is 5.75 Å². The smallest absolute Gasteiger partial charge is 0.416 e. The monoisotopic (exact) mass is 449 g/mol. The topological polar surface area (TPSA) is 65.5 Å². The molecular formula is C24H30F3N3O2. The first-order valence-electron chi connectivity index (χ1n) is 10.7. The minimum absolute atomic E-state index is 0.0583. The Morgan fingerprint density at radius 1 is 1.28 bits per heavy atom. The molecule has 2 aromatic rings. The average molecular weight is 450 g/mol. The molecule has 5 nitrogen and oxygen atoms in total. The standard InChI is InChI=1S/C24H30F3N3O2/c1-23(8-9-23)20(17-5-4-10-28-14-17)13-22(32)29-15-18(30(2)3)11-16-6-7-19(31)12-21(16)24(25,26)27/h4-7,10,12,14,18,20,31H,8-9,11,13,15H2,1-3H3,(H,29,32). The van der Waals surface area contributed by atoms with Gasteiger partial charge in [0.25, 0.3) is 0 Å². The second-order valence-electron chi connectivity index (χ2n) is 9.16. The van der Waals surface area contributed by atoms with Crippen molar-refractivity contribution in [2.75, 3.05) is 20.6 Å². The van der Waals surface area contributed by atoms with E-state index in [1.54, 1.807) is 31.4 Å². The summed E-state index contributed by atoms with van der Waals surface area (Å²) in [6, 6.07) is 6.81. The van der Waals surface area contributed by atoms with Crippen LogP contribution in [0.25, 0.3) is 0 Å². The number of aromatic nitrogens is 1. The summed E-state index contributed by atoms with van der Waals surface area (Å²) in [7, 11) is 3.54. The molecule has 1 aliphatic carbocycles. The summed E-state index contributed by atoms with van der Waals surface area (Å²) in [4.78, 5) is 18.8. The van der Waals surface area contributed by atoms with Gasteiger partial charge in [0.15, 0.2) is 0 Å². The summed E-state index contributed by atoms with van der Waals surface area (Å²) in [5, 5.41) is 12.4. The molecule has 0 spiro atoms. The number of halogens is 3. The van der Waals surface area contributed by atoms with Gasteiger partial charge >= 0.3 is 6.18 Å². The van der Waals surface area contributed by atoms with Gasteiger partial charge in [-0.05, 0) is 74.0 Å². The highest BCUT2D eigenvalue weighted by molar-refractivity contribution is 5.77. The lowest BCUT2D eigenvalue weighted by atomic mass is 9.82. The molecule has 0 radical (unpaired) electrons. The van der Waals surface area contributed by atoms with E-state index in [0.717, 1.165) is 24.5 Å². The van der Waals surface area contributed by atoms with Gasteiger partial charge in [-0.2, -0.15) is 13.2 Å². The fourth-order valence-electron chi connectivity index (χ4n) is 4.08. The third-order valence-electron chi connectivity index (χ3n) is 6.48. The van der Waals surface area contributed by atoms with Crippen LogP contribution >= 0.6 is 0 Å². The third kappa shape index (κ3) is 6.00. The number of amides is 1. The maximum Gasteiger partial charge on any atom is 0.416 e. The Bertz CT molecular complexity index is 928. The van der Waals surface area contributed by atoms with E-state index in [1.807, 2.05) is 12.1 Å². The van der Waals surface area contributed by atoms with E-state index in [0.29, 0.717) is 6.42 Å². The Morgan fingerprint density at radius 2 is 2.00 bits per heavy atom. The molecule has 1 saturated carbocycles. The van der Waals surface area contributed by atoms with Gasteiger partial charge in [-0.15, -0.1) is 0 Å². The van der Waals surface area contributed by atoms with Crippen LogP contribution in [0.2, 0.25) is 0 Å². The van der Waals surface area contributed by atoms with Crippen molar-refractivity contribution in [3.05, 3.63) is 59.4 Å². The van der Waals surface area contributed by atoms with Gasteiger partial charge in [0.1, 0.15) is 5.75 Å². The van der Waals surface area contributed by atoms with Gasteiger partial charge in [-0.1, -0.05) is 19.1 Å². The first-order chi connectivity index (χ1) is 15.0. The molecule has 1 amide bonds. The van der Waals surface area contributed by atoms with Crippen molar-refractivity contribution in [1.29, 1.82) is 0 Å². The van der Waals surface area contributed by atoms with Crippen molar-refractivity contribution >= 4 is 5.91 Å². The molecule has 1 fully saturated rings. The van der Waals surface area contributed by atoms with Crippen molar-refractivity contribution in [1.82, 2.24) is 15.2 Å². The van der Waals surface area contributed by atoms with Gasteiger partial charge < -0.3 is 15.3 Å². The average Bonchev–Trinajstić information content (AvgIpc) is 3.48. The number of nitrogens with one attached hydrogen (secondary N) is 1. The van der Waals surface area contributed by atoms with Crippen LogP contribution in [0.5, 0.6) is 5.75 Å². The van der Waals surface area contributed by atoms with Crippen LogP contribution in [-0.4, -0.2) is 47.6 Å². The largest absolute Gasteiger partial charge is 0.508 e. The number of pyridine rings is 1. The first kappa shape index (κ1) is 24.0. The number of hydrogen-bond acceptors (Lipinski definition) is 4.